The fourth-order valence-electron chi connectivity index (χ4n) is 6.87. The zero-order valence-corrected chi connectivity index (χ0v) is 24.8. The van der Waals surface area contributed by atoms with E-state index < -0.39 is 0 Å². The second kappa shape index (κ2) is 10.2. The minimum absolute atomic E-state index is 0.104. The van der Waals surface area contributed by atoms with E-state index in [2.05, 4.69) is 101 Å². The highest BCUT2D eigenvalue weighted by atomic mass is 16.3. The molecule has 0 amide bonds. The first-order valence-electron chi connectivity index (χ1n) is 15.3. The van der Waals surface area contributed by atoms with Crippen molar-refractivity contribution in [2.45, 2.75) is 12.7 Å². The summed E-state index contributed by atoms with van der Waals surface area (Å²) < 4.78 is 8.83. The summed E-state index contributed by atoms with van der Waals surface area (Å²) in [5.41, 5.74) is 8.52. The predicted octanol–water partition coefficient (Wildman–Crippen LogP) is 9.31. The van der Waals surface area contributed by atoms with Gasteiger partial charge in [0.1, 0.15) is 17.6 Å². The van der Waals surface area contributed by atoms with Crippen molar-refractivity contribution in [2.24, 2.45) is 0 Å². The number of hydrogen-bond acceptors (Lipinski definition) is 4. The third-order valence-corrected chi connectivity index (χ3v) is 9.05. The summed E-state index contributed by atoms with van der Waals surface area (Å²) in [5, 5.41) is 27.3. The molecule has 46 heavy (non-hydrogen) atoms. The van der Waals surface area contributed by atoms with E-state index in [1.165, 1.54) is 10.9 Å². The second-order valence-electron chi connectivity index (χ2n) is 11.7. The summed E-state index contributed by atoms with van der Waals surface area (Å²) in [5.74, 6) is 0.372. The van der Waals surface area contributed by atoms with Crippen LogP contribution in [-0.4, -0.2) is 20.4 Å². The molecule has 218 valence electrons. The van der Waals surface area contributed by atoms with Gasteiger partial charge in [0, 0.05) is 39.3 Å². The topological polar surface area (TPSA) is 71.7 Å². The molecule has 6 aromatic carbocycles. The normalized spacial score (nSPS) is 15.9. The van der Waals surface area contributed by atoms with Gasteiger partial charge in [0.2, 0.25) is 0 Å². The molecule has 3 heterocycles. The maximum Gasteiger partial charge on any atom is 0.160 e. The number of rotatable bonds is 5. The Kier molecular flexibility index (Phi) is 5.82. The molecule has 6 heteroatoms. The molecule has 0 radical (unpaired) electrons. The smallest absolute Gasteiger partial charge is 0.160 e. The average molecular weight is 594 g/mol. The Balaban J connectivity index is 1.15. The highest BCUT2D eigenvalue weighted by Crippen LogP contribution is 2.45. The number of fused-ring (bicyclic) bond motifs is 7. The lowest BCUT2D eigenvalue weighted by Gasteiger charge is -2.10. The first kappa shape index (κ1) is 26.3. The van der Waals surface area contributed by atoms with Crippen LogP contribution in [0.3, 0.4) is 0 Å². The van der Waals surface area contributed by atoms with Crippen LogP contribution in [0.1, 0.15) is 28.4 Å². The number of hydrazine groups is 1. The molecular weight excluding hydrogens is 566 g/mol. The molecule has 1 fully saturated rings. The van der Waals surface area contributed by atoms with Crippen LogP contribution in [0.15, 0.2) is 144 Å². The molecule has 8 aromatic rings. The van der Waals surface area contributed by atoms with Gasteiger partial charge in [0.05, 0.1) is 22.7 Å². The molecule has 2 atom stereocenters. The van der Waals surface area contributed by atoms with Crippen molar-refractivity contribution in [3.05, 3.63) is 162 Å². The number of nitrogens with zero attached hydrogens (tertiary/aromatic N) is 4. The largest absolute Gasteiger partial charge is 0.454 e. The van der Waals surface area contributed by atoms with Crippen LogP contribution in [0, 0.1) is 16.7 Å². The predicted molar refractivity (Wildman–Crippen MR) is 183 cm³/mol. The van der Waals surface area contributed by atoms with Crippen LogP contribution in [0.2, 0.25) is 0 Å². The number of benzene rings is 6. The van der Waals surface area contributed by atoms with Crippen LogP contribution in [-0.2, 0) is 6.54 Å². The van der Waals surface area contributed by atoms with Gasteiger partial charge in [-0.1, -0.05) is 97.1 Å². The van der Waals surface area contributed by atoms with Gasteiger partial charge in [0.15, 0.2) is 5.58 Å². The maximum absolute atomic E-state index is 9.45. The summed E-state index contributed by atoms with van der Waals surface area (Å²) in [6.45, 7) is 0.671. The summed E-state index contributed by atoms with van der Waals surface area (Å²) in [4.78, 5) is 0. The first-order valence-corrected chi connectivity index (χ1v) is 15.3. The Bertz CT molecular complexity index is 2500. The van der Waals surface area contributed by atoms with Gasteiger partial charge in [-0.25, -0.2) is 0 Å². The van der Waals surface area contributed by atoms with Gasteiger partial charge in [-0.15, -0.1) is 0 Å². The minimum atomic E-state index is -0.104. The minimum Gasteiger partial charge on any atom is -0.454 e. The van der Waals surface area contributed by atoms with Crippen LogP contribution < -0.4 is 0 Å². The number of aromatic nitrogens is 1. The number of hydrogen-bond donors (Lipinski definition) is 1. The van der Waals surface area contributed by atoms with Crippen LogP contribution in [0.25, 0.3) is 49.4 Å². The summed E-state index contributed by atoms with van der Waals surface area (Å²) >= 11 is 0. The van der Waals surface area contributed by atoms with Crippen LogP contribution in [0.4, 0.5) is 0 Å². The third kappa shape index (κ3) is 4.03. The molecular formula is C40H27N5O. The van der Waals surface area contributed by atoms with E-state index in [4.69, 9.17) is 9.83 Å². The zero-order chi connectivity index (χ0) is 30.8. The van der Waals surface area contributed by atoms with E-state index >= 15 is 0 Å². The summed E-state index contributed by atoms with van der Waals surface area (Å²) in [6, 6.07) is 49.6. The molecule has 1 saturated heterocycles. The van der Waals surface area contributed by atoms with Crippen molar-refractivity contribution in [1.82, 2.24) is 14.6 Å². The van der Waals surface area contributed by atoms with E-state index in [9.17, 15) is 5.26 Å². The van der Waals surface area contributed by atoms with Crippen molar-refractivity contribution >= 4 is 49.6 Å². The molecule has 1 unspecified atom stereocenters. The monoisotopic (exact) mass is 593 g/mol. The molecule has 0 spiro atoms. The summed E-state index contributed by atoms with van der Waals surface area (Å²) in [6.07, 6.45) is -0.104. The highest BCUT2D eigenvalue weighted by Gasteiger charge is 2.48. The van der Waals surface area contributed by atoms with E-state index in [0.717, 1.165) is 55.2 Å². The Morgan fingerprint density at radius 3 is 2.28 bits per heavy atom. The Labute approximate surface area is 265 Å². The van der Waals surface area contributed by atoms with E-state index in [-0.39, 0.29) is 6.17 Å². The molecule has 2 aromatic heterocycles. The molecule has 1 aliphatic rings. The van der Waals surface area contributed by atoms with E-state index in [0.29, 0.717) is 17.9 Å². The van der Waals surface area contributed by atoms with Crippen LogP contribution >= 0.6 is 0 Å². The molecule has 0 bridgehead atoms. The first-order chi connectivity index (χ1) is 22.7. The Morgan fingerprint density at radius 2 is 1.46 bits per heavy atom. The molecule has 1 aliphatic heterocycles. The van der Waals surface area contributed by atoms with Gasteiger partial charge in [-0.2, -0.15) is 10.3 Å². The van der Waals surface area contributed by atoms with Crippen molar-refractivity contribution in [1.29, 1.82) is 10.7 Å². The van der Waals surface area contributed by atoms with Crippen molar-refractivity contribution in [2.75, 3.05) is 0 Å². The lowest BCUT2D eigenvalue weighted by Crippen LogP contribution is -2.16. The van der Waals surface area contributed by atoms with Crippen LogP contribution in [0.5, 0.6) is 0 Å². The van der Waals surface area contributed by atoms with Gasteiger partial charge in [-0.3, -0.25) is 10.4 Å². The highest BCUT2D eigenvalue weighted by molar-refractivity contribution is 6.21. The Morgan fingerprint density at radius 1 is 0.717 bits per heavy atom. The number of nitrogens with one attached hydrogen (secondary N) is 1. The van der Waals surface area contributed by atoms with Crippen molar-refractivity contribution in [3.8, 4) is 11.8 Å². The quantitative estimate of drug-likeness (QED) is 0.123. The number of furan rings is 1. The fourth-order valence-corrected chi connectivity index (χ4v) is 6.87. The molecule has 9 rings (SSSR count). The van der Waals surface area contributed by atoms with Gasteiger partial charge in [-0.05, 0) is 53.6 Å². The SMILES string of the molecule is N#Cc1cccc(C(=N)N2C(c3ccc(-n4c5ccccc5c5ccc6c7ccccc7oc6c54)cc3)[N@]2Cc2ccccc2)c1. The van der Waals surface area contributed by atoms with Gasteiger partial charge >= 0.3 is 0 Å². The average Bonchev–Trinajstić information content (AvgIpc) is 3.52. The van der Waals surface area contributed by atoms with Gasteiger partial charge < -0.3 is 8.98 Å². The molecule has 6 nitrogen and oxygen atoms in total. The van der Waals surface area contributed by atoms with Crippen molar-refractivity contribution in [3.63, 3.8) is 0 Å². The maximum atomic E-state index is 9.45. The van der Waals surface area contributed by atoms with Crippen molar-refractivity contribution < 1.29 is 4.42 Å². The third-order valence-electron chi connectivity index (χ3n) is 9.05. The lowest BCUT2D eigenvalue weighted by molar-refractivity contribution is 0.391. The zero-order valence-electron chi connectivity index (χ0n) is 24.8. The summed E-state index contributed by atoms with van der Waals surface area (Å²) in [7, 11) is 0. The lowest BCUT2D eigenvalue weighted by atomic mass is 10.1. The Hall–Kier alpha value is -6.16. The molecule has 0 saturated carbocycles. The second-order valence-corrected chi connectivity index (χ2v) is 11.7. The van der Waals surface area contributed by atoms with E-state index in [1.54, 1.807) is 12.1 Å². The van der Waals surface area contributed by atoms with E-state index in [1.807, 2.05) is 47.5 Å². The number of nitriles is 1. The number of amidine groups is 1. The molecule has 0 aliphatic carbocycles. The standard InChI is InChI=1S/C40H27N5O/c41-24-27-11-8-12-29(23-27)39(42)45-40(43(45)25-26-9-2-1-3-10-26)28-17-19-30(20-18-28)44-35-15-6-4-13-31(35)33-21-22-34-32-14-5-7-16-36(32)46-38(34)37(33)44/h1-23,40,42H,25H2/t40?,43-,45?/m0/s1. The number of para-hydroxylation sites is 2. The van der Waals surface area contributed by atoms with Gasteiger partial charge in [0.25, 0.3) is 0 Å². The molecule has 1 N–H and O–H groups in total. The fraction of sp³-hybridized carbons (Fsp3) is 0.0500.